The second-order valence-electron chi connectivity index (χ2n) is 8.40. The number of hydrogen-bond acceptors (Lipinski definition) is 4. The second-order valence-corrected chi connectivity index (χ2v) is 13.4. The van der Waals surface area contributed by atoms with Gasteiger partial charge >= 0.3 is 0 Å². The molecule has 0 aliphatic rings. The van der Waals surface area contributed by atoms with Crippen LogP contribution >= 0.6 is 23.2 Å². The molecule has 0 aliphatic carbocycles. The number of fused-ring (bicyclic) bond motifs is 1. The third-order valence-corrected chi connectivity index (χ3v) is 11.0. The highest BCUT2D eigenvalue weighted by molar-refractivity contribution is 6.99. The number of rotatable bonds is 6. The monoisotopic (exact) mass is 470 g/mol. The van der Waals surface area contributed by atoms with E-state index in [1.807, 2.05) is 12.1 Å². The average molecular weight is 471 g/mol. The first kappa shape index (κ1) is 22.0. The zero-order valence-electron chi connectivity index (χ0n) is 17.7. The van der Waals surface area contributed by atoms with Gasteiger partial charge in [-0.2, -0.15) is 10.1 Å². The van der Waals surface area contributed by atoms with E-state index in [-0.39, 0.29) is 10.3 Å². The van der Waals surface area contributed by atoms with Crippen molar-refractivity contribution in [3.05, 3.63) is 77.3 Å². The van der Waals surface area contributed by atoms with E-state index in [0.717, 1.165) is 0 Å². The third kappa shape index (κ3) is 4.13. The summed E-state index contributed by atoms with van der Waals surface area (Å²) in [5, 5.41) is 7.91. The summed E-state index contributed by atoms with van der Waals surface area (Å²) in [6.45, 7) is 7.78. The molecule has 8 heteroatoms. The molecule has 2 aromatic heterocycles. The fourth-order valence-electron chi connectivity index (χ4n) is 4.11. The van der Waals surface area contributed by atoms with E-state index >= 15 is 0 Å². The van der Waals surface area contributed by atoms with Gasteiger partial charge in [-0.25, -0.2) is 9.67 Å². The molecule has 4 aromatic rings. The van der Waals surface area contributed by atoms with Gasteiger partial charge in [0.1, 0.15) is 5.15 Å². The molecule has 0 atom stereocenters. The van der Waals surface area contributed by atoms with Gasteiger partial charge in [-0.1, -0.05) is 93.0 Å². The summed E-state index contributed by atoms with van der Waals surface area (Å²) in [7, 11) is -2.60. The summed E-state index contributed by atoms with van der Waals surface area (Å²) in [5.74, 6) is 0. The molecule has 31 heavy (non-hydrogen) atoms. The first-order chi connectivity index (χ1) is 14.8. The Hall–Kier alpha value is -2.25. The zero-order valence-corrected chi connectivity index (χ0v) is 20.2. The molecule has 0 fully saturated rings. The van der Waals surface area contributed by atoms with Crippen molar-refractivity contribution in [1.29, 1.82) is 0 Å². The van der Waals surface area contributed by atoms with Crippen LogP contribution < -0.4 is 10.4 Å². The van der Waals surface area contributed by atoms with E-state index in [1.165, 1.54) is 10.4 Å². The Bertz CT molecular complexity index is 1140. The molecule has 0 amide bonds. The normalized spacial score (nSPS) is 12.4. The summed E-state index contributed by atoms with van der Waals surface area (Å²) in [6, 6.07) is 21.1. The Morgan fingerprint density at radius 2 is 1.48 bits per heavy atom. The van der Waals surface area contributed by atoms with E-state index in [1.54, 1.807) is 10.9 Å². The van der Waals surface area contributed by atoms with Crippen molar-refractivity contribution >= 4 is 52.9 Å². The largest absolute Gasteiger partial charge is 0.406 e. The summed E-state index contributed by atoms with van der Waals surface area (Å²) < 4.78 is 8.69. The lowest BCUT2D eigenvalue weighted by atomic mass is 10.2. The van der Waals surface area contributed by atoms with Gasteiger partial charge in [-0.3, -0.25) is 0 Å². The fourth-order valence-corrected chi connectivity index (χ4v) is 9.08. The molecule has 2 aromatic carbocycles. The average Bonchev–Trinajstić information content (AvgIpc) is 3.15. The van der Waals surface area contributed by atoms with Gasteiger partial charge in [0.15, 0.2) is 5.65 Å². The zero-order chi connectivity index (χ0) is 22.1. The molecule has 0 unspecified atom stereocenters. The molecule has 0 saturated carbocycles. The van der Waals surface area contributed by atoms with Gasteiger partial charge in [-0.15, -0.1) is 0 Å². The lowest BCUT2D eigenvalue weighted by Crippen LogP contribution is -2.66. The van der Waals surface area contributed by atoms with Crippen LogP contribution in [0.15, 0.2) is 66.9 Å². The minimum atomic E-state index is -2.60. The van der Waals surface area contributed by atoms with Crippen LogP contribution in [-0.2, 0) is 11.0 Å². The molecule has 2 heterocycles. The highest BCUT2D eigenvalue weighted by Gasteiger charge is 2.50. The van der Waals surface area contributed by atoms with Crippen LogP contribution in [-0.4, -0.2) is 34.7 Å². The van der Waals surface area contributed by atoms with E-state index in [4.69, 9.17) is 27.6 Å². The molecule has 4 rings (SSSR count). The van der Waals surface area contributed by atoms with Crippen LogP contribution in [0.25, 0.3) is 11.0 Å². The van der Waals surface area contributed by atoms with E-state index < -0.39 is 8.32 Å². The lowest BCUT2D eigenvalue weighted by Gasteiger charge is -2.43. The summed E-state index contributed by atoms with van der Waals surface area (Å²) >= 11 is 12.2. The van der Waals surface area contributed by atoms with Crippen LogP contribution in [0.5, 0.6) is 0 Å². The van der Waals surface area contributed by atoms with Gasteiger partial charge in [0.2, 0.25) is 5.28 Å². The first-order valence-electron chi connectivity index (χ1n) is 10.1. The number of benzene rings is 2. The maximum absolute atomic E-state index is 6.92. The van der Waals surface area contributed by atoms with Crippen molar-refractivity contribution in [3.63, 3.8) is 0 Å². The Kier molecular flexibility index (Phi) is 6.17. The van der Waals surface area contributed by atoms with E-state index in [9.17, 15) is 0 Å². The highest BCUT2D eigenvalue weighted by atomic mass is 35.5. The SMILES string of the molecule is CC(C)(C)[Si](OCCn1ncc2c(Cl)nc(Cl)nc21)(c1ccccc1)c1ccccc1. The summed E-state index contributed by atoms with van der Waals surface area (Å²) in [5.41, 5.74) is 0.607. The van der Waals surface area contributed by atoms with Crippen LogP contribution in [0.4, 0.5) is 0 Å². The molecule has 0 spiro atoms. The Morgan fingerprint density at radius 1 is 0.903 bits per heavy atom. The van der Waals surface area contributed by atoms with E-state index in [2.05, 4.69) is 84.4 Å². The van der Waals surface area contributed by atoms with E-state index in [0.29, 0.717) is 29.3 Å². The van der Waals surface area contributed by atoms with Gasteiger partial charge in [0, 0.05) is 0 Å². The molecule has 0 bridgehead atoms. The predicted molar refractivity (Wildman–Crippen MR) is 129 cm³/mol. The number of hydrogen-bond donors (Lipinski definition) is 0. The standard InChI is InChI=1S/C23H24Cl2N4OSi/c1-23(2,3)31(17-10-6-4-7-11-17,18-12-8-5-9-13-18)30-15-14-29-21-19(16-26-29)20(24)27-22(25)28-21/h4-13,16H,14-15H2,1-3H3. The minimum absolute atomic E-state index is 0.0866. The maximum atomic E-state index is 6.92. The van der Waals surface area contributed by atoms with Gasteiger partial charge in [0.25, 0.3) is 8.32 Å². The van der Waals surface area contributed by atoms with Gasteiger partial charge < -0.3 is 4.43 Å². The quantitative estimate of drug-likeness (QED) is 0.232. The Balaban J connectivity index is 1.71. The van der Waals surface area contributed by atoms with Gasteiger partial charge in [0.05, 0.1) is 24.7 Å². The molecule has 0 N–H and O–H groups in total. The maximum Gasteiger partial charge on any atom is 0.261 e. The topological polar surface area (TPSA) is 52.8 Å². The number of aromatic nitrogens is 4. The number of nitrogens with zero attached hydrogens (tertiary/aromatic N) is 4. The predicted octanol–water partition coefficient (Wildman–Crippen LogP) is 4.71. The van der Waals surface area contributed by atoms with Crippen molar-refractivity contribution in [3.8, 4) is 0 Å². The molecular formula is C23H24Cl2N4OSi. The Labute approximate surface area is 193 Å². The molecule has 0 radical (unpaired) electrons. The van der Waals surface area contributed by atoms with Crippen molar-refractivity contribution in [1.82, 2.24) is 19.7 Å². The van der Waals surface area contributed by atoms with Crippen molar-refractivity contribution in [2.75, 3.05) is 6.61 Å². The molecule has 5 nitrogen and oxygen atoms in total. The van der Waals surface area contributed by atoms with Crippen molar-refractivity contribution in [2.45, 2.75) is 32.4 Å². The Morgan fingerprint density at radius 3 is 2.03 bits per heavy atom. The second kappa shape index (κ2) is 8.71. The van der Waals surface area contributed by atoms with Crippen LogP contribution in [0.3, 0.4) is 0 Å². The fraction of sp³-hybridized carbons (Fsp3) is 0.261. The first-order valence-corrected chi connectivity index (χ1v) is 12.8. The van der Waals surface area contributed by atoms with Crippen LogP contribution in [0.2, 0.25) is 15.5 Å². The van der Waals surface area contributed by atoms with Gasteiger partial charge in [-0.05, 0) is 27.0 Å². The van der Waals surface area contributed by atoms with Crippen LogP contribution in [0.1, 0.15) is 20.8 Å². The highest BCUT2D eigenvalue weighted by Crippen LogP contribution is 2.36. The third-order valence-electron chi connectivity index (χ3n) is 5.46. The number of halogens is 2. The molecule has 0 saturated heterocycles. The lowest BCUT2D eigenvalue weighted by molar-refractivity contribution is 0.276. The summed E-state index contributed by atoms with van der Waals surface area (Å²) in [4.78, 5) is 8.29. The van der Waals surface area contributed by atoms with Crippen molar-refractivity contribution in [2.24, 2.45) is 0 Å². The molecule has 160 valence electrons. The minimum Gasteiger partial charge on any atom is -0.406 e. The summed E-state index contributed by atoms with van der Waals surface area (Å²) in [6.07, 6.45) is 1.66. The molecule has 0 aliphatic heterocycles. The van der Waals surface area contributed by atoms with Crippen molar-refractivity contribution < 1.29 is 4.43 Å². The van der Waals surface area contributed by atoms with Crippen LogP contribution in [0, 0.1) is 0 Å². The molecular weight excluding hydrogens is 447 g/mol. The smallest absolute Gasteiger partial charge is 0.261 e.